The van der Waals surface area contributed by atoms with Crippen LogP contribution >= 0.6 is 15.9 Å². The number of methoxy groups -OCH3 is 1. The van der Waals surface area contributed by atoms with Crippen LogP contribution < -0.4 is 4.74 Å². The summed E-state index contributed by atoms with van der Waals surface area (Å²) in [6.07, 6.45) is -0.409. The monoisotopic (exact) mass is 303 g/mol. The Kier molecular flexibility index (Phi) is 4.45. The maximum Gasteiger partial charge on any atom is 0.308 e. The first kappa shape index (κ1) is 13.4. The molecule has 0 spiro atoms. The molecule has 92 valence electrons. The van der Waals surface area contributed by atoms with Gasteiger partial charge in [0.15, 0.2) is 0 Å². The number of benzene rings is 1. The van der Waals surface area contributed by atoms with Gasteiger partial charge in [-0.1, -0.05) is 15.9 Å². The van der Waals surface area contributed by atoms with Gasteiger partial charge in [-0.2, -0.15) is 0 Å². The van der Waals surface area contributed by atoms with Gasteiger partial charge in [0, 0.05) is 16.5 Å². The van der Waals surface area contributed by atoms with Gasteiger partial charge in [-0.15, -0.1) is 0 Å². The summed E-state index contributed by atoms with van der Waals surface area (Å²) in [4.78, 5) is 21.0. The highest BCUT2D eigenvalue weighted by atomic mass is 79.9. The maximum atomic E-state index is 10.9. The van der Waals surface area contributed by atoms with Crippen LogP contribution in [0.4, 0.5) is 5.69 Å². The molecule has 0 radical (unpaired) electrons. The number of alkyl halides is 1. The van der Waals surface area contributed by atoms with Crippen LogP contribution in [0.2, 0.25) is 0 Å². The smallest absolute Gasteiger partial charge is 0.308 e. The first-order valence-corrected chi connectivity index (χ1v) is 5.73. The lowest BCUT2D eigenvalue weighted by Gasteiger charge is -2.08. The van der Waals surface area contributed by atoms with Gasteiger partial charge in [-0.05, 0) is 12.1 Å². The third kappa shape index (κ3) is 3.16. The van der Waals surface area contributed by atoms with Gasteiger partial charge in [-0.25, -0.2) is 0 Å². The van der Waals surface area contributed by atoms with Crippen molar-refractivity contribution in [2.45, 2.75) is 11.8 Å². The van der Waals surface area contributed by atoms with Crippen molar-refractivity contribution in [1.82, 2.24) is 0 Å². The van der Waals surface area contributed by atoms with E-state index in [4.69, 9.17) is 9.84 Å². The Balaban J connectivity index is 3.40. The minimum Gasteiger partial charge on any atom is -0.497 e. The molecule has 0 aliphatic rings. The molecule has 17 heavy (non-hydrogen) atoms. The molecule has 0 atom stereocenters. The van der Waals surface area contributed by atoms with E-state index >= 15 is 0 Å². The molecule has 0 unspecified atom stereocenters. The first-order valence-electron chi connectivity index (χ1n) is 4.61. The molecule has 0 bridgehead atoms. The van der Waals surface area contributed by atoms with Crippen molar-refractivity contribution in [2.75, 3.05) is 7.11 Å². The molecule has 0 heterocycles. The van der Waals surface area contributed by atoms with E-state index in [0.29, 0.717) is 11.3 Å². The minimum absolute atomic E-state index is 0.135. The van der Waals surface area contributed by atoms with Crippen LogP contribution in [0.1, 0.15) is 11.1 Å². The number of nitro benzene ring substituents is 1. The topological polar surface area (TPSA) is 89.7 Å². The largest absolute Gasteiger partial charge is 0.497 e. The number of carbonyl (C=O) groups is 1. The van der Waals surface area contributed by atoms with Crippen LogP contribution in [-0.4, -0.2) is 23.1 Å². The lowest BCUT2D eigenvalue weighted by atomic mass is 10.0. The van der Waals surface area contributed by atoms with E-state index in [9.17, 15) is 14.9 Å². The number of hydrogen-bond donors (Lipinski definition) is 1. The quantitative estimate of drug-likeness (QED) is 0.511. The Morgan fingerprint density at radius 1 is 1.53 bits per heavy atom. The number of aliphatic carboxylic acids is 1. The maximum absolute atomic E-state index is 10.9. The summed E-state index contributed by atoms with van der Waals surface area (Å²) in [5.41, 5.74) is 0.354. The van der Waals surface area contributed by atoms with Crippen LogP contribution in [0, 0.1) is 10.1 Å². The SMILES string of the molecule is COc1cc(CBr)c([N+](=O)[O-])c(CC(=O)O)c1. The Bertz CT molecular complexity index is 460. The standard InChI is InChI=1S/C10H10BrNO5/c1-17-8-2-6(4-9(13)14)10(12(15)16)7(3-8)5-11/h2-3H,4-5H2,1H3,(H,13,14). The molecule has 0 amide bonds. The molecule has 0 saturated heterocycles. The zero-order valence-electron chi connectivity index (χ0n) is 8.97. The fraction of sp³-hybridized carbons (Fsp3) is 0.300. The third-order valence-electron chi connectivity index (χ3n) is 2.15. The van der Waals surface area contributed by atoms with Crippen molar-refractivity contribution in [3.63, 3.8) is 0 Å². The van der Waals surface area contributed by atoms with Gasteiger partial charge in [0.2, 0.25) is 0 Å². The highest BCUT2D eigenvalue weighted by molar-refractivity contribution is 9.08. The van der Waals surface area contributed by atoms with Crippen molar-refractivity contribution in [3.8, 4) is 5.75 Å². The molecule has 1 rings (SSSR count). The first-order chi connectivity index (χ1) is 7.99. The number of halogens is 1. The number of rotatable bonds is 5. The molecular weight excluding hydrogens is 294 g/mol. The van der Waals surface area contributed by atoms with Gasteiger partial charge in [-0.3, -0.25) is 14.9 Å². The van der Waals surface area contributed by atoms with Gasteiger partial charge < -0.3 is 9.84 Å². The fourth-order valence-electron chi connectivity index (χ4n) is 1.48. The normalized spacial score (nSPS) is 10.0. The molecule has 0 aliphatic carbocycles. The van der Waals surface area contributed by atoms with E-state index in [-0.39, 0.29) is 16.6 Å². The van der Waals surface area contributed by atoms with Crippen molar-refractivity contribution in [2.24, 2.45) is 0 Å². The summed E-state index contributed by atoms with van der Waals surface area (Å²) in [6, 6.07) is 2.89. The summed E-state index contributed by atoms with van der Waals surface area (Å²) in [5, 5.41) is 19.9. The second kappa shape index (κ2) is 5.62. The average Bonchev–Trinajstić information content (AvgIpc) is 2.26. The van der Waals surface area contributed by atoms with Crippen LogP contribution in [-0.2, 0) is 16.5 Å². The molecule has 1 N–H and O–H groups in total. The Morgan fingerprint density at radius 2 is 2.12 bits per heavy atom. The van der Waals surface area contributed by atoms with Gasteiger partial charge in [0.1, 0.15) is 5.75 Å². The zero-order chi connectivity index (χ0) is 13.0. The Morgan fingerprint density at radius 3 is 2.53 bits per heavy atom. The van der Waals surface area contributed by atoms with E-state index in [2.05, 4.69) is 15.9 Å². The summed E-state index contributed by atoms with van der Waals surface area (Å²) in [7, 11) is 1.42. The molecule has 1 aromatic carbocycles. The minimum atomic E-state index is -1.12. The molecule has 6 nitrogen and oxygen atoms in total. The molecule has 0 aliphatic heterocycles. The molecule has 0 fully saturated rings. The molecule has 0 saturated carbocycles. The number of carboxylic acid groups (broad SMARTS) is 1. The van der Waals surface area contributed by atoms with Gasteiger partial charge in [0.25, 0.3) is 5.69 Å². The van der Waals surface area contributed by atoms with E-state index in [0.717, 1.165) is 0 Å². The van der Waals surface area contributed by atoms with E-state index in [1.807, 2.05) is 0 Å². The molecule has 0 aromatic heterocycles. The predicted octanol–water partition coefficient (Wildman–Crippen LogP) is 2.13. The second-order valence-electron chi connectivity index (χ2n) is 3.26. The van der Waals surface area contributed by atoms with Gasteiger partial charge >= 0.3 is 5.97 Å². The van der Waals surface area contributed by atoms with Crippen molar-refractivity contribution in [3.05, 3.63) is 33.4 Å². The predicted molar refractivity (Wildman–Crippen MR) is 63.6 cm³/mol. The number of carboxylic acids is 1. The molecule has 1 aromatic rings. The van der Waals surface area contributed by atoms with Crippen LogP contribution in [0.3, 0.4) is 0 Å². The average molecular weight is 304 g/mol. The van der Waals surface area contributed by atoms with Crippen molar-refractivity contribution < 1.29 is 19.6 Å². The van der Waals surface area contributed by atoms with E-state index in [1.165, 1.54) is 19.2 Å². The fourth-order valence-corrected chi connectivity index (χ4v) is 1.91. The lowest BCUT2D eigenvalue weighted by molar-refractivity contribution is -0.386. The highest BCUT2D eigenvalue weighted by Crippen LogP contribution is 2.31. The van der Waals surface area contributed by atoms with Crippen molar-refractivity contribution in [1.29, 1.82) is 0 Å². The number of ether oxygens (including phenoxy) is 1. The summed E-state index contributed by atoms with van der Waals surface area (Å²) < 4.78 is 4.98. The number of hydrogen-bond acceptors (Lipinski definition) is 4. The van der Waals surface area contributed by atoms with Crippen LogP contribution in [0.15, 0.2) is 12.1 Å². The summed E-state index contributed by atoms with van der Waals surface area (Å²) in [5.74, 6) is -0.719. The van der Waals surface area contributed by atoms with Crippen LogP contribution in [0.5, 0.6) is 5.75 Å². The molecule has 7 heteroatoms. The highest BCUT2D eigenvalue weighted by Gasteiger charge is 2.22. The number of nitrogens with zero attached hydrogens (tertiary/aromatic N) is 1. The summed E-state index contributed by atoms with van der Waals surface area (Å²) >= 11 is 3.13. The molecular formula is C10H10BrNO5. The second-order valence-corrected chi connectivity index (χ2v) is 3.82. The van der Waals surface area contributed by atoms with E-state index < -0.39 is 17.3 Å². The third-order valence-corrected chi connectivity index (χ3v) is 2.75. The Labute approximate surface area is 105 Å². The summed E-state index contributed by atoms with van der Waals surface area (Å²) in [6.45, 7) is 0. The van der Waals surface area contributed by atoms with Crippen LogP contribution in [0.25, 0.3) is 0 Å². The number of nitro groups is 1. The van der Waals surface area contributed by atoms with E-state index in [1.54, 1.807) is 0 Å². The van der Waals surface area contributed by atoms with Gasteiger partial charge in [0.05, 0.1) is 18.5 Å². The zero-order valence-corrected chi connectivity index (χ0v) is 10.6. The lowest BCUT2D eigenvalue weighted by Crippen LogP contribution is -2.06. The Hall–Kier alpha value is -1.63. The van der Waals surface area contributed by atoms with Crippen molar-refractivity contribution >= 4 is 27.6 Å².